The fraction of sp³-hybridized carbons (Fsp3) is 0.417. The molecule has 0 radical (unpaired) electrons. The van der Waals surface area contributed by atoms with Crippen LogP contribution in [-0.4, -0.2) is 25.7 Å². The van der Waals surface area contributed by atoms with Crippen molar-refractivity contribution in [3.05, 3.63) is 23.8 Å². The molecule has 92 valence electrons. The molecule has 1 aliphatic heterocycles. The third-order valence-corrected chi connectivity index (χ3v) is 2.60. The molecule has 0 aliphatic carbocycles. The summed E-state index contributed by atoms with van der Waals surface area (Å²) in [5.74, 6) is 0.912. The first-order chi connectivity index (χ1) is 8.20. The number of carbonyl (C=O) groups excluding carboxylic acids is 1. The number of likely N-dealkylation sites (N-methyl/N-ethyl adjacent to an activating group) is 1. The molecule has 0 aromatic heterocycles. The average Bonchev–Trinajstić information content (AvgIpc) is 2.70. The zero-order valence-electron chi connectivity index (χ0n) is 9.73. The van der Waals surface area contributed by atoms with Crippen LogP contribution in [-0.2, 0) is 4.79 Å². The van der Waals surface area contributed by atoms with E-state index in [1.165, 1.54) is 0 Å². The standard InChI is InChI=1S/C12H16N2O3/c1-2-14-10-6-17-11-5-8(3-4-9(10)11)16-7-12(13)15/h3-5,10,14H,2,6-7H2,1H3,(H2,13,15). The number of nitrogens with two attached hydrogens (primary N) is 1. The fourth-order valence-electron chi connectivity index (χ4n) is 1.85. The number of fused-ring (bicyclic) bond motifs is 1. The quantitative estimate of drug-likeness (QED) is 0.785. The number of hydrogen-bond acceptors (Lipinski definition) is 4. The maximum Gasteiger partial charge on any atom is 0.255 e. The van der Waals surface area contributed by atoms with Crippen LogP contribution < -0.4 is 20.5 Å². The van der Waals surface area contributed by atoms with E-state index < -0.39 is 5.91 Å². The summed E-state index contributed by atoms with van der Waals surface area (Å²) in [4.78, 5) is 10.6. The van der Waals surface area contributed by atoms with Crippen molar-refractivity contribution in [2.45, 2.75) is 13.0 Å². The molecule has 5 nitrogen and oxygen atoms in total. The van der Waals surface area contributed by atoms with Gasteiger partial charge < -0.3 is 20.5 Å². The summed E-state index contributed by atoms with van der Waals surface area (Å²) < 4.78 is 10.8. The second-order valence-electron chi connectivity index (χ2n) is 3.88. The second kappa shape index (κ2) is 5.05. The molecule has 5 heteroatoms. The molecule has 0 fully saturated rings. The normalized spacial score (nSPS) is 17.4. The van der Waals surface area contributed by atoms with Crippen molar-refractivity contribution in [3.8, 4) is 11.5 Å². The molecular weight excluding hydrogens is 220 g/mol. The predicted molar refractivity (Wildman–Crippen MR) is 63.0 cm³/mol. The molecule has 0 spiro atoms. The maximum atomic E-state index is 10.6. The first-order valence-corrected chi connectivity index (χ1v) is 5.62. The summed E-state index contributed by atoms with van der Waals surface area (Å²) >= 11 is 0. The van der Waals surface area contributed by atoms with Gasteiger partial charge in [0.2, 0.25) is 0 Å². The Labute approximate surface area is 99.9 Å². The Hall–Kier alpha value is -1.75. The first-order valence-electron chi connectivity index (χ1n) is 5.62. The Morgan fingerprint density at radius 1 is 1.65 bits per heavy atom. The monoisotopic (exact) mass is 236 g/mol. The maximum absolute atomic E-state index is 10.6. The SMILES string of the molecule is CCNC1COc2cc(OCC(N)=O)ccc21. The lowest BCUT2D eigenvalue weighted by Gasteiger charge is -2.09. The number of ether oxygens (including phenoxy) is 2. The van der Waals surface area contributed by atoms with E-state index in [2.05, 4.69) is 12.2 Å². The largest absolute Gasteiger partial charge is 0.491 e. The van der Waals surface area contributed by atoms with E-state index in [-0.39, 0.29) is 12.6 Å². The van der Waals surface area contributed by atoms with Crippen LogP contribution in [0.3, 0.4) is 0 Å². The van der Waals surface area contributed by atoms with Crippen molar-refractivity contribution in [1.29, 1.82) is 0 Å². The Kier molecular flexibility index (Phi) is 3.49. The zero-order chi connectivity index (χ0) is 12.3. The van der Waals surface area contributed by atoms with E-state index in [4.69, 9.17) is 15.2 Å². The summed E-state index contributed by atoms with van der Waals surface area (Å²) in [6.45, 7) is 3.47. The van der Waals surface area contributed by atoms with Crippen molar-refractivity contribution >= 4 is 5.91 Å². The second-order valence-corrected chi connectivity index (χ2v) is 3.88. The Bertz CT molecular complexity index is 420. The minimum absolute atomic E-state index is 0.116. The van der Waals surface area contributed by atoms with Crippen LogP contribution in [0.1, 0.15) is 18.5 Å². The summed E-state index contributed by atoms with van der Waals surface area (Å²) in [6.07, 6.45) is 0. The molecule has 1 atom stereocenters. The molecule has 0 saturated heterocycles. The lowest BCUT2D eigenvalue weighted by Crippen LogP contribution is -2.21. The molecular formula is C12H16N2O3. The van der Waals surface area contributed by atoms with E-state index in [0.29, 0.717) is 12.4 Å². The van der Waals surface area contributed by atoms with E-state index >= 15 is 0 Å². The highest BCUT2D eigenvalue weighted by Crippen LogP contribution is 2.35. The smallest absolute Gasteiger partial charge is 0.255 e. The van der Waals surface area contributed by atoms with Gasteiger partial charge in [0.1, 0.15) is 18.1 Å². The molecule has 3 N–H and O–H groups in total. The van der Waals surface area contributed by atoms with Gasteiger partial charge in [0.15, 0.2) is 6.61 Å². The van der Waals surface area contributed by atoms with Crippen LogP contribution in [0.15, 0.2) is 18.2 Å². The van der Waals surface area contributed by atoms with Crippen LogP contribution >= 0.6 is 0 Å². The van der Waals surface area contributed by atoms with E-state index in [1.807, 2.05) is 12.1 Å². The van der Waals surface area contributed by atoms with Crippen molar-refractivity contribution < 1.29 is 14.3 Å². The van der Waals surface area contributed by atoms with Crippen LogP contribution in [0.25, 0.3) is 0 Å². The minimum Gasteiger partial charge on any atom is -0.491 e. The summed E-state index contributed by atoms with van der Waals surface area (Å²) in [5, 5.41) is 3.33. The third kappa shape index (κ3) is 2.68. The van der Waals surface area contributed by atoms with Gasteiger partial charge in [0.05, 0.1) is 6.04 Å². The third-order valence-electron chi connectivity index (χ3n) is 2.60. The number of primary amides is 1. The molecule has 1 unspecified atom stereocenters. The minimum atomic E-state index is -0.489. The van der Waals surface area contributed by atoms with Gasteiger partial charge in [-0.3, -0.25) is 4.79 Å². The lowest BCUT2D eigenvalue weighted by atomic mass is 10.1. The Morgan fingerprint density at radius 3 is 3.18 bits per heavy atom. The summed E-state index contributed by atoms with van der Waals surface area (Å²) in [6, 6.07) is 5.79. The van der Waals surface area contributed by atoms with Crippen molar-refractivity contribution in [2.75, 3.05) is 19.8 Å². The highest BCUT2D eigenvalue weighted by molar-refractivity contribution is 5.75. The molecule has 1 aromatic rings. The van der Waals surface area contributed by atoms with E-state index in [0.717, 1.165) is 17.9 Å². The molecule has 1 amide bonds. The molecule has 17 heavy (non-hydrogen) atoms. The number of benzene rings is 1. The average molecular weight is 236 g/mol. The zero-order valence-corrected chi connectivity index (χ0v) is 9.73. The van der Waals surface area contributed by atoms with Gasteiger partial charge in [0.25, 0.3) is 5.91 Å². The molecule has 0 bridgehead atoms. The summed E-state index contributed by atoms with van der Waals surface area (Å²) in [5.41, 5.74) is 6.13. The van der Waals surface area contributed by atoms with Crippen LogP contribution in [0.5, 0.6) is 11.5 Å². The number of amides is 1. The van der Waals surface area contributed by atoms with Crippen molar-refractivity contribution in [1.82, 2.24) is 5.32 Å². The van der Waals surface area contributed by atoms with Gasteiger partial charge in [-0.15, -0.1) is 0 Å². The molecule has 2 rings (SSSR count). The van der Waals surface area contributed by atoms with E-state index in [1.54, 1.807) is 6.07 Å². The fourth-order valence-corrected chi connectivity index (χ4v) is 1.85. The van der Waals surface area contributed by atoms with Crippen LogP contribution in [0.4, 0.5) is 0 Å². The lowest BCUT2D eigenvalue weighted by molar-refractivity contribution is -0.119. The molecule has 0 saturated carbocycles. The Balaban J connectivity index is 2.08. The van der Waals surface area contributed by atoms with Gasteiger partial charge >= 0.3 is 0 Å². The van der Waals surface area contributed by atoms with Gasteiger partial charge in [-0.05, 0) is 18.7 Å². The summed E-state index contributed by atoms with van der Waals surface area (Å²) in [7, 11) is 0. The highest BCUT2D eigenvalue weighted by atomic mass is 16.5. The number of carbonyl (C=O) groups is 1. The number of rotatable bonds is 5. The van der Waals surface area contributed by atoms with E-state index in [9.17, 15) is 4.79 Å². The predicted octanol–water partition coefficient (Wildman–Crippen LogP) is 0.594. The molecule has 1 aliphatic rings. The van der Waals surface area contributed by atoms with Gasteiger partial charge in [-0.2, -0.15) is 0 Å². The molecule has 1 heterocycles. The Morgan fingerprint density at radius 2 is 2.47 bits per heavy atom. The van der Waals surface area contributed by atoms with Crippen LogP contribution in [0, 0.1) is 0 Å². The van der Waals surface area contributed by atoms with Gasteiger partial charge in [0, 0.05) is 11.6 Å². The molecule has 1 aromatic carbocycles. The van der Waals surface area contributed by atoms with Gasteiger partial charge in [-0.1, -0.05) is 6.92 Å². The first kappa shape index (κ1) is 11.7. The van der Waals surface area contributed by atoms with Crippen molar-refractivity contribution in [2.24, 2.45) is 5.73 Å². The number of hydrogen-bond donors (Lipinski definition) is 2. The topological polar surface area (TPSA) is 73.6 Å². The number of nitrogens with one attached hydrogen (secondary N) is 1. The van der Waals surface area contributed by atoms with Crippen molar-refractivity contribution in [3.63, 3.8) is 0 Å². The highest BCUT2D eigenvalue weighted by Gasteiger charge is 2.23. The van der Waals surface area contributed by atoms with Gasteiger partial charge in [-0.25, -0.2) is 0 Å². The van der Waals surface area contributed by atoms with Crippen LogP contribution in [0.2, 0.25) is 0 Å².